The molecule has 4 heteroatoms. The average Bonchev–Trinajstić information content (AvgIpc) is 2.36. The third kappa shape index (κ3) is 4.65. The minimum atomic E-state index is 0.0287. The molecule has 1 atom stereocenters. The Kier molecular flexibility index (Phi) is 5.49. The van der Waals surface area contributed by atoms with Crippen LogP contribution in [-0.4, -0.2) is 32.6 Å². The lowest BCUT2D eigenvalue weighted by molar-refractivity contribution is -0.120. The molecular formula is C14H23N3O. The number of carbonyl (C=O) groups is 1. The van der Waals surface area contributed by atoms with Gasteiger partial charge in [-0.05, 0) is 37.6 Å². The summed E-state index contributed by atoms with van der Waals surface area (Å²) < 4.78 is 0. The lowest BCUT2D eigenvalue weighted by Gasteiger charge is -2.14. The predicted octanol–water partition coefficient (Wildman–Crippen LogP) is 2.08. The molecule has 18 heavy (non-hydrogen) atoms. The first-order chi connectivity index (χ1) is 8.52. The molecule has 100 valence electrons. The van der Waals surface area contributed by atoms with Crippen LogP contribution in [0.3, 0.4) is 0 Å². The van der Waals surface area contributed by atoms with Gasteiger partial charge in [0.1, 0.15) is 0 Å². The summed E-state index contributed by atoms with van der Waals surface area (Å²) in [5, 5.41) is 6.03. The number of anilines is 2. The Morgan fingerprint density at radius 1 is 1.28 bits per heavy atom. The second-order valence-electron chi connectivity index (χ2n) is 4.67. The van der Waals surface area contributed by atoms with Crippen LogP contribution >= 0.6 is 0 Å². The van der Waals surface area contributed by atoms with Crippen molar-refractivity contribution in [3.8, 4) is 0 Å². The van der Waals surface area contributed by atoms with E-state index in [1.807, 2.05) is 50.2 Å². The van der Waals surface area contributed by atoms with Crippen LogP contribution in [0.5, 0.6) is 0 Å². The molecule has 0 saturated heterocycles. The Hall–Kier alpha value is -1.71. The maximum Gasteiger partial charge on any atom is 0.239 e. The molecule has 0 fully saturated rings. The van der Waals surface area contributed by atoms with Crippen LogP contribution in [0.15, 0.2) is 24.3 Å². The highest BCUT2D eigenvalue weighted by atomic mass is 16.1. The van der Waals surface area contributed by atoms with Gasteiger partial charge in [0, 0.05) is 31.5 Å². The average molecular weight is 249 g/mol. The van der Waals surface area contributed by atoms with Gasteiger partial charge in [0.2, 0.25) is 5.91 Å². The first-order valence-electron chi connectivity index (χ1n) is 6.33. The molecule has 0 radical (unpaired) electrons. The molecule has 0 spiro atoms. The molecule has 1 amide bonds. The van der Waals surface area contributed by atoms with E-state index < -0.39 is 0 Å². The van der Waals surface area contributed by atoms with Crippen molar-refractivity contribution >= 4 is 17.3 Å². The largest absolute Gasteiger partial charge is 0.378 e. The van der Waals surface area contributed by atoms with Crippen molar-refractivity contribution < 1.29 is 4.79 Å². The Labute approximate surface area is 109 Å². The minimum Gasteiger partial charge on any atom is -0.378 e. The van der Waals surface area contributed by atoms with Crippen LogP contribution in [0.2, 0.25) is 0 Å². The zero-order valence-electron chi connectivity index (χ0n) is 11.7. The maximum atomic E-state index is 11.6. The van der Waals surface area contributed by atoms with E-state index in [4.69, 9.17) is 0 Å². The summed E-state index contributed by atoms with van der Waals surface area (Å²) in [5.41, 5.74) is 2.10. The summed E-state index contributed by atoms with van der Waals surface area (Å²) in [6.07, 6.45) is 0.948. The van der Waals surface area contributed by atoms with Gasteiger partial charge in [-0.25, -0.2) is 0 Å². The van der Waals surface area contributed by atoms with E-state index in [0.717, 1.165) is 17.8 Å². The van der Waals surface area contributed by atoms with Crippen LogP contribution in [0.4, 0.5) is 11.4 Å². The van der Waals surface area contributed by atoms with Crippen LogP contribution in [0.1, 0.15) is 20.3 Å². The molecule has 1 rings (SSSR count). The highest BCUT2D eigenvalue weighted by molar-refractivity contribution is 5.81. The van der Waals surface area contributed by atoms with Gasteiger partial charge in [-0.2, -0.15) is 0 Å². The zero-order valence-corrected chi connectivity index (χ0v) is 11.7. The molecule has 4 nitrogen and oxygen atoms in total. The van der Waals surface area contributed by atoms with Gasteiger partial charge in [-0.1, -0.05) is 6.92 Å². The number of nitrogens with zero attached hydrogens (tertiary/aromatic N) is 1. The molecule has 0 heterocycles. The Balaban J connectivity index is 2.41. The van der Waals surface area contributed by atoms with Gasteiger partial charge in [-0.3, -0.25) is 4.79 Å². The van der Waals surface area contributed by atoms with E-state index in [2.05, 4.69) is 17.6 Å². The Bertz CT molecular complexity index is 373. The van der Waals surface area contributed by atoms with E-state index in [9.17, 15) is 4.79 Å². The third-order valence-electron chi connectivity index (χ3n) is 2.86. The number of carbonyl (C=O) groups excluding carboxylic acids is 1. The fourth-order valence-corrected chi connectivity index (χ4v) is 1.49. The zero-order chi connectivity index (χ0) is 13.5. The first kappa shape index (κ1) is 14.4. The topological polar surface area (TPSA) is 44.4 Å². The molecule has 0 aromatic heterocycles. The number of hydrogen-bond donors (Lipinski definition) is 2. The third-order valence-corrected chi connectivity index (χ3v) is 2.86. The van der Waals surface area contributed by atoms with Crippen LogP contribution < -0.4 is 15.5 Å². The molecule has 2 N–H and O–H groups in total. The molecule has 0 aliphatic heterocycles. The van der Waals surface area contributed by atoms with Gasteiger partial charge in [-0.15, -0.1) is 0 Å². The summed E-state index contributed by atoms with van der Waals surface area (Å²) in [4.78, 5) is 13.6. The van der Waals surface area contributed by atoms with E-state index in [-0.39, 0.29) is 11.9 Å². The van der Waals surface area contributed by atoms with Crippen molar-refractivity contribution in [2.75, 3.05) is 30.9 Å². The number of nitrogens with one attached hydrogen (secondary N) is 2. The smallest absolute Gasteiger partial charge is 0.239 e. The monoisotopic (exact) mass is 249 g/mol. The van der Waals surface area contributed by atoms with E-state index in [1.165, 1.54) is 0 Å². The second-order valence-corrected chi connectivity index (χ2v) is 4.67. The SMILES string of the molecule is CCC(C)NC(=O)CNc1ccc(N(C)C)cc1. The van der Waals surface area contributed by atoms with Crippen molar-refractivity contribution in [2.24, 2.45) is 0 Å². The van der Waals surface area contributed by atoms with Crippen molar-refractivity contribution in [1.82, 2.24) is 5.32 Å². The van der Waals surface area contributed by atoms with Gasteiger partial charge in [0.15, 0.2) is 0 Å². The molecule has 1 aromatic carbocycles. The number of hydrogen-bond acceptors (Lipinski definition) is 3. The highest BCUT2D eigenvalue weighted by Gasteiger charge is 2.04. The Morgan fingerprint density at radius 2 is 1.89 bits per heavy atom. The number of amides is 1. The molecule has 1 unspecified atom stereocenters. The van der Waals surface area contributed by atoms with Crippen molar-refractivity contribution in [3.05, 3.63) is 24.3 Å². The molecule has 0 aliphatic rings. The molecular weight excluding hydrogens is 226 g/mol. The van der Waals surface area contributed by atoms with Gasteiger partial charge < -0.3 is 15.5 Å². The van der Waals surface area contributed by atoms with Crippen LogP contribution in [-0.2, 0) is 4.79 Å². The van der Waals surface area contributed by atoms with Crippen molar-refractivity contribution in [3.63, 3.8) is 0 Å². The normalized spacial score (nSPS) is 11.8. The Morgan fingerprint density at radius 3 is 2.39 bits per heavy atom. The maximum absolute atomic E-state index is 11.6. The number of rotatable bonds is 6. The van der Waals surface area contributed by atoms with Crippen LogP contribution in [0, 0.1) is 0 Å². The summed E-state index contributed by atoms with van der Waals surface area (Å²) in [5.74, 6) is 0.0287. The van der Waals surface area contributed by atoms with E-state index >= 15 is 0 Å². The first-order valence-corrected chi connectivity index (χ1v) is 6.33. The molecule has 0 bridgehead atoms. The number of benzene rings is 1. The lowest BCUT2D eigenvalue weighted by Crippen LogP contribution is -2.36. The predicted molar refractivity (Wildman–Crippen MR) is 77.2 cm³/mol. The van der Waals surface area contributed by atoms with Gasteiger partial charge in [0.05, 0.1) is 6.54 Å². The molecule has 0 saturated carbocycles. The second kappa shape index (κ2) is 6.89. The van der Waals surface area contributed by atoms with Crippen molar-refractivity contribution in [2.45, 2.75) is 26.3 Å². The lowest BCUT2D eigenvalue weighted by atomic mass is 10.2. The summed E-state index contributed by atoms with van der Waals surface area (Å²) >= 11 is 0. The standard InChI is InChI=1S/C14H23N3O/c1-5-11(2)16-14(18)10-15-12-6-8-13(9-7-12)17(3)4/h6-9,11,15H,5,10H2,1-4H3,(H,16,18). The minimum absolute atomic E-state index is 0.0287. The van der Waals surface area contributed by atoms with E-state index in [1.54, 1.807) is 0 Å². The van der Waals surface area contributed by atoms with E-state index in [0.29, 0.717) is 6.54 Å². The van der Waals surface area contributed by atoms with Crippen LogP contribution in [0.25, 0.3) is 0 Å². The summed E-state index contributed by atoms with van der Waals surface area (Å²) in [7, 11) is 4.00. The molecule has 0 aliphatic carbocycles. The summed E-state index contributed by atoms with van der Waals surface area (Å²) in [6, 6.07) is 8.23. The fourth-order valence-electron chi connectivity index (χ4n) is 1.49. The molecule has 1 aromatic rings. The fraction of sp³-hybridized carbons (Fsp3) is 0.500. The van der Waals surface area contributed by atoms with Gasteiger partial charge >= 0.3 is 0 Å². The highest BCUT2D eigenvalue weighted by Crippen LogP contribution is 2.15. The quantitative estimate of drug-likeness (QED) is 0.811. The van der Waals surface area contributed by atoms with Crippen molar-refractivity contribution in [1.29, 1.82) is 0 Å². The summed E-state index contributed by atoms with van der Waals surface area (Å²) in [6.45, 7) is 4.37. The van der Waals surface area contributed by atoms with Gasteiger partial charge in [0.25, 0.3) is 0 Å².